The van der Waals surface area contributed by atoms with Gasteiger partial charge in [0.05, 0.1) is 5.39 Å². The zero-order valence-electron chi connectivity index (χ0n) is 20.2. The van der Waals surface area contributed by atoms with Crippen molar-refractivity contribution in [2.75, 3.05) is 10.6 Å². The third-order valence-electron chi connectivity index (χ3n) is 6.64. The Morgan fingerprint density at radius 3 is 2.24 bits per heavy atom. The van der Waals surface area contributed by atoms with E-state index >= 15 is 0 Å². The highest BCUT2D eigenvalue weighted by molar-refractivity contribution is 7.18. The van der Waals surface area contributed by atoms with E-state index in [1.165, 1.54) is 9.44 Å². The van der Waals surface area contributed by atoms with Crippen LogP contribution in [-0.2, 0) is 24.2 Å². The Bertz CT molecular complexity index is 1620. The van der Waals surface area contributed by atoms with Crippen LogP contribution in [0.4, 0.5) is 17.1 Å². The zero-order valence-corrected chi connectivity index (χ0v) is 21.1. The van der Waals surface area contributed by atoms with Gasteiger partial charge in [-0.05, 0) is 67.6 Å². The number of carbonyl (C=O) groups excluding carboxylic acids is 1. The summed E-state index contributed by atoms with van der Waals surface area (Å²) in [5.74, 6) is 0.252. The molecule has 0 unspecified atom stereocenters. The summed E-state index contributed by atoms with van der Waals surface area (Å²) in [4.78, 5) is 33.9. The summed E-state index contributed by atoms with van der Waals surface area (Å²) in [5.41, 5.74) is 4.38. The van der Waals surface area contributed by atoms with Crippen molar-refractivity contribution in [2.24, 2.45) is 0 Å². The van der Waals surface area contributed by atoms with Gasteiger partial charge in [-0.1, -0.05) is 48.5 Å². The summed E-state index contributed by atoms with van der Waals surface area (Å²) in [7, 11) is 0. The van der Waals surface area contributed by atoms with Crippen LogP contribution in [0.1, 0.15) is 23.3 Å². The number of carbonyl (C=O) groups is 1. The van der Waals surface area contributed by atoms with Gasteiger partial charge in [-0.15, -0.1) is 11.3 Å². The number of nitrogens with one attached hydrogen (secondary N) is 2. The summed E-state index contributed by atoms with van der Waals surface area (Å²) in [6, 6.07) is 27.0. The first-order valence-electron chi connectivity index (χ1n) is 12.5. The number of hydrogen-bond donors (Lipinski definition) is 2. The minimum absolute atomic E-state index is 0.110. The van der Waals surface area contributed by atoms with Crippen molar-refractivity contribution in [3.05, 3.63) is 106 Å². The normalized spacial score (nSPS) is 12.8. The lowest BCUT2D eigenvalue weighted by Crippen LogP contribution is -2.30. The van der Waals surface area contributed by atoms with Crippen molar-refractivity contribution < 1.29 is 4.79 Å². The number of rotatable bonds is 6. The lowest BCUT2D eigenvalue weighted by atomic mass is 9.97. The fourth-order valence-corrected chi connectivity index (χ4v) is 6.11. The second-order valence-corrected chi connectivity index (χ2v) is 10.3. The molecule has 6 rings (SSSR count). The van der Waals surface area contributed by atoms with E-state index in [2.05, 4.69) is 10.6 Å². The highest BCUT2D eigenvalue weighted by Gasteiger charge is 2.23. The highest BCUT2D eigenvalue weighted by Crippen LogP contribution is 2.34. The van der Waals surface area contributed by atoms with Gasteiger partial charge in [0.15, 0.2) is 0 Å². The molecule has 3 aromatic carbocycles. The standard InChI is InChI=1S/C30H26N4O2S/c35-26(32-23-17-15-22(16-18-23)31-21-11-5-2-6-12-21)19-34-28(20-9-3-1-4-10-20)33-29-27(30(34)36)24-13-7-8-14-25(24)37-29/h1-6,9-12,15-18,31H,7-8,13-14,19H2,(H,32,35). The molecular weight excluding hydrogens is 480 g/mol. The molecule has 2 heterocycles. The molecule has 0 aliphatic heterocycles. The molecule has 1 aliphatic rings. The average molecular weight is 507 g/mol. The molecule has 0 bridgehead atoms. The van der Waals surface area contributed by atoms with Gasteiger partial charge in [-0.2, -0.15) is 0 Å². The largest absolute Gasteiger partial charge is 0.356 e. The SMILES string of the molecule is O=C(Cn1c(-c2ccccc2)nc2sc3c(c2c1=O)CCCC3)Nc1ccc(Nc2ccccc2)cc1. The van der Waals surface area contributed by atoms with E-state index in [0.717, 1.165) is 53.0 Å². The topological polar surface area (TPSA) is 76.0 Å². The van der Waals surface area contributed by atoms with E-state index in [1.54, 1.807) is 11.3 Å². The smallest absolute Gasteiger partial charge is 0.263 e. The van der Waals surface area contributed by atoms with Gasteiger partial charge in [0.1, 0.15) is 17.2 Å². The monoisotopic (exact) mass is 506 g/mol. The van der Waals surface area contributed by atoms with Crippen molar-refractivity contribution in [3.8, 4) is 11.4 Å². The number of aryl methyl sites for hydroxylation is 2. The van der Waals surface area contributed by atoms with E-state index in [0.29, 0.717) is 16.9 Å². The number of thiophene rings is 1. The molecule has 184 valence electrons. The first-order valence-corrected chi connectivity index (χ1v) is 13.3. The van der Waals surface area contributed by atoms with E-state index in [4.69, 9.17) is 4.98 Å². The average Bonchev–Trinajstić information content (AvgIpc) is 3.31. The van der Waals surface area contributed by atoms with Crippen molar-refractivity contribution in [3.63, 3.8) is 0 Å². The van der Waals surface area contributed by atoms with Crippen LogP contribution in [0.2, 0.25) is 0 Å². The Hall–Kier alpha value is -4.23. The number of para-hydroxylation sites is 1. The molecule has 2 aromatic heterocycles. The number of anilines is 3. The van der Waals surface area contributed by atoms with Gasteiger partial charge < -0.3 is 10.6 Å². The molecule has 37 heavy (non-hydrogen) atoms. The van der Waals surface area contributed by atoms with Crippen LogP contribution in [0.25, 0.3) is 21.6 Å². The maximum absolute atomic E-state index is 13.8. The predicted octanol–water partition coefficient (Wildman–Crippen LogP) is 6.39. The van der Waals surface area contributed by atoms with Gasteiger partial charge in [0.2, 0.25) is 5.91 Å². The van der Waals surface area contributed by atoms with Crippen LogP contribution in [0, 0.1) is 0 Å². The van der Waals surface area contributed by atoms with Crippen LogP contribution in [0.15, 0.2) is 89.7 Å². The lowest BCUT2D eigenvalue weighted by molar-refractivity contribution is -0.116. The molecule has 1 aliphatic carbocycles. The van der Waals surface area contributed by atoms with Crippen LogP contribution < -0.4 is 16.2 Å². The zero-order chi connectivity index (χ0) is 25.2. The number of amides is 1. The maximum atomic E-state index is 13.8. The van der Waals surface area contributed by atoms with Crippen molar-refractivity contribution in [1.29, 1.82) is 0 Å². The van der Waals surface area contributed by atoms with Crippen LogP contribution in [0.3, 0.4) is 0 Å². The first kappa shape index (κ1) is 23.2. The summed E-state index contributed by atoms with van der Waals surface area (Å²) < 4.78 is 1.53. The Morgan fingerprint density at radius 2 is 1.49 bits per heavy atom. The first-order chi connectivity index (χ1) is 18.2. The van der Waals surface area contributed by atoms with E-state index in [1.807, 2.05) is 84.9 Å². The number of benzene rings is 3. The molecule has 2 N–H and O–H groups in total. The Morgan fingerprint density at radius 1 is 0.838 bits per heavy atom. The number of aromatic nitrogens is 2. The molecule has 0 atom stereocenters. The molecule has 0 radical (unpaired) electrons. The quantitative estimate of drug-likeness (QED) is 0.280. The van der Waals surface area contributed by atoms with Crippen LogP contribution >= 0.6 is 11.3 Å². The Labute approximate surface area is 218 Å². The molecule has 6 nitrogen and oxygen atoms in total. The summed E-state index contributed by atoms with van der Waals surface area (Å²) in [5, 5.41) is 6.96. The maximum Gasteiger partial charge on any atom is 0.263 e. The minimum Gasteiger partial charge on any atom is -0.356 e. The Kier molecular flexibility index (Phi) is 6.28. The molecule has 1 amide bonds. The molecule has 0 fully saturated rings. The Balaban J connectivity index is 1.29. The van der Waals surface area contributed by atoms with Gasteiger partial charge in [0.25, 0.3) is 5.56 Å². The summed E-state index contributed by atoms with van der Waals surface area (Å²) in [6.07, 6.45) is 4.11. The van der Waals surface area contributed by atoms with E-state index in [-0.39, 0.29) is 18.0 Å². The fraction of sp³-hybridized carbons (Fsp3) is 0.167. The van der Waals surface area contributed by atoms with Gasteiger partial charge in [0, 0.05) is 27.5 Å². The molecule has 0 saturated carbocycles. The van der Waals surface area contributed by atoms with Gasteiger partial charge >= 0.3 is 0 Å². The predicted molar refractivity (Wildman–Crippen MR) is 151 cm³/mol. The molecular formula is C30H26N4O2S. The van der Waals surface area contributed by atoms with E-state index < -0.39 is 0 Å². The molecule has 5 aromatic rings. The van der Waals surface area contributed by atoms with Crippen molar-refractivity contribution >= 4 is 44.5 Å². The minimum atomic E-state index is -0.270. The fourth-order valence-electron chi connectivity index (χ4n) is 4.86. The number of nitrogens with zero attached hydrogens (tertiary/aromatic N) is 2. The van der Waals surface area contributed by atoms with Crippen molar-refractivity contribution in [2.45, 2.75) is 32.2 Å². The molecule has 0 spiro atoms. The van der Waals surface area contributed by atoms with Gasteiger partial charge in [-0.3, -0.25) is 14.2 Å². The number of fused-ring (bicyclic) bond motifs is 3. The highest BCUT2D eigenvalue weighted by atomic mass is 32.1. The lowest BCUT2D eigenvalue weighted by Gasteiger charge is -2.14. The van der Waals surface area contributed by atoms with Crippen LogP contribution in [-0.4, -0.2) is 15.5 Å². The third kappa shape index (κ3) is 4.78. The summed E-state index contributed by atoms with van der Waals surface area (Å²) >= 11 is 1.62. The van der Waals surface area contributed by atoms with Crippen molar-refractivity contribution in [1.82, 2.24) is 9.55 Å². The van der Waals surface area contributed by atoms with E-state index in [9.17, 15) is 9.59 Å². The second kappa shape index (κ2) is 10.0. The second-order valence-electron chi connectivity index (χ2n) is 9.20. The summed E-state index contributed by atoms with van der Waals surface area (Å²) in [6.45, 7) is -0.110. The molecule has 7 heteroatoms. The third-order valence-corrected chi connectivity index (χ3v) is 7.83. The van der Waals surface area contributed by atoms with Crippen LogP contribution in [0.5, 0.6) is 0 Å². The van der Waals surface area contributed by atoms with Gasteiger partial charge in [-0.25, -0.2) is 4.98 Å². The molecule has 0 saturated heterocycles. The number of hydrogen-bond acceptors (Lipinski definition) is 5.